The van der Waals surface area contributed by atoms with Crippen molar-refractivity contribution in [2.24, 2.45) is 0 Å². The fourth-order valence-electron chi connectivity index (χ4n) is 2.27. The zero-order valence-electron chi connectivity index (χ0n) is 14.4. The minimum Gasteiger partial charge on any atom is -0.444 e. The van der Waals surface area contributed by atoms with Gasteiger partial charge in [-0.3, -0.25) is 5.32 Å². The van der Waals surface area contributed by atoms with Crippen LogP contribution in [-0.2, 0) is 11.3 Å². The number of amides is 1. The maximum Gasteiger partial charge on any atom is 0.411 e. The van der Waals surface area contributed by atoms with E-state index < -0.39 is 6.09 Å². The molecule has 7 heteroatoms. The summed E-state index contributed by atoms with van der Waals surface area (Å²) in [5, 5.41) is 4.27. The molecule has 0 bridgehead atoms. The van der Waals surface area contributed by atoms with Gasteiger partial charge in [0.15, 0.2) is 0 Å². The van der Waals surface area contributed by atoms with Crippen LogP contribution in [0.5, 0.6) is 0 Å². The Morgan fingerprint density at radius 3 is 2.52 bits per heavy atom. The lowest BCUT2D eigenvalue weighted by atomic mass is 10.2. The Morgan fingerprint density at radius 1 is 1.11 bits per heavy atom. The highest BCUT2D eigenvalue weighted by Crippen LogP contribution is 2.29. The number of anilines is 1. The minimum absolute atomic E-state index is 0.0994. The summed E-state index contributed by atoms with van der Waals surface area (Å²) in [4.78, 5) is 17.5. The van der Waals surface area contributed by atoms with Crippen LogP contribution in [0.2, 0.25) is 10.0 Å². The summed E-state index contributed by atoms with van der Waals surface area (Å²) >= 11 is 13.4. The smallest absolute Gasteiger partial charge is 0.411 e. The number of carbonyl (C=O) groups excluding carboxylic acids is 1. The van der Waals surface area contributed by atoms with E-state index in [0.717, 1.165) is 15.5 Å². The molecule has 0 spiro atoms. The molecular formula is C20H16Cl2N2O2S. The first-order chi connectivity index (χ1) is 13.0. The molecule has 0 atom stereocenters. The molecule has 4 nitrogen and oxygen atoms in total. The van der Waals surface area contributed by atoms with E-state index >= 15 is 0 Å². The van der Waals surface area contributed by atoms with Crippen LogP contribution in [-0.4, -0.2) is 11.1 Å². The molecule has 1 heterocycles. The normalized spacial score (nSPS) is 10.5. The molecule has 0 radical (unpaired) electrons. The van der Waals surface area contributed by atoms with Crippen LogP contribution in [0.3, 0.4) is 0 Å². The molecule has 0 aliphatic heterocycles. The van der Waals surface area contributed by atoms with Crippen LogP contribution in [0.1, 0.15) is 11.1 Å². The van der Waals surface area contributed by atoms with Crippen molar-refractivity contribution in [1.82, 2.24) is 4.98 Å². The van der Waals surface area contributed by atoms with Gasteiger partial charge in [-0.05, 0) is 43.3 Å². The molecule has 3 aromatic rings. The number of ether oxygens (including phenoxy) is 1. The quantitative estimate of drug-likeness (QED) is 0.507. The van der Waals surface area contributed by atoms with Crippen molar-refractivity contribution in [2.45, 2.75) is 23.5 Å². The van der Waals surface area contributed by atoms with E-state index in [1.54, 1.807) is 24.4 Å². The fraction of sp³-hybridized carbons (Fsp3) is 0.100. The average Bonchev–Trinajstić information content (AvgIpc) is 2.62. The predicted octanol–water partition coefficient (Wildman–Crippen LogP) is 6.60. The molecule has 2 aromatic carbocycles. The Kier molecular flexibility index (Phi) is 6.61. The third-order valence-corrected chi connectivity index (χ3v) is 5.06. The molecule has 1 amide bonds. The van der Waals surface area contributed by atoms with Crippen LogP contribution in [0.25, 0.3) is 0 Å². The predicted molar refractivity (Wildman–Crippen MR) is 110 cm³/mol. The molecule has 0 fully saturated rings. The van der Waals surface area contributed by atoms with E-state index in [1.165, 1.54) is 17.3 Å². The second-order valence-corrected chi connectivity index (χ2v) is 7.68. The molecule has 0 aliphatic carbocycles. The Bertz CT molecular complexity index is 929. The summed E-state index contributed by atoms with van der Waals surface area (Å²) in [7, 11) is 0. The molecule has 0 aliphatic rings. The van der Waals surface area contributed by atoms with Crippen molar-refractivity contribution in [2.75, 3.05) is 5.32 Å². The lowest BCUT2D eigenvalue weighted by Gasteiger charge is -2.10. The van der Waals surface area contributed by atoms with E-state index in [0.29, 0.717) is 15.7 Å². The van der Waals surface area contributed by atoms with Crippen LogP contribution in [0.4, 0.5) is 10.5 Å². The van der Waals surface area contributed by atoms with Gasteiger partial charge in [0.05, 0.1) is 0 Å². The van der Waals surface area contributed by atoms with Crippen LogP contribution in [0.15, 0.2) is 70.7 Å². The highest BCUT2D eigenvalue weighted by atomic mass is 35.5. The van der Waals surface area contributed by atoms with Crippen molar-refractivity contribution in [1.29, 1.82) is 0 Å². The third-order valence-electron chi connectivity index (χ3n) is 3.55. The maximum absolute atomic E-state index is 12.1. The van der Waals surface area contributed by atoms with Crippen LogP contribution in [0, 0.1) is 6.92 Å². The van der Waals surface area contributed by atoms with E-state index in [-0.39, 0.29) is 6.61 Å². The molecule has 27 heavy (non-hydrogen) atoms. The highest BCUT2D eigenvalue weighted by Gasteiger charge is 2.10. The first kappa shape index (κ1) is 19.5. The molecule has 0 unspecified atom stereocenters. The zero-order chi connectivity index (χ0) is 19.2. The van der Waals surface area contributed by atoms with Crippen molar-refractivity contribution in [3.63, 3.8) is 0 Å². The van der Waals surface area contributed by atoms with Gasteiger partial charge in [0.1, 0.15) is 11.6 Å². The molecule has 3 rings (SSSR count). The van der Waals surface area contributed by atoms with Gasteiger partial charge >= 0.3 is 6.09 Å². The van der Waals surface area contributed by atoms with Crippen molar-refractivity contribution >= 4 is 46.7 Å². The topological polar surface area (TPSA) is 51.2 Å². The number of nitrogens with zero attached hydrogens (tertiary/aromatic N) is 1. The standard InChI is InChI=1S/C20H16Cl2N2O2S/c1-13-4-6-18(7-5-13)27-19-14(3-2-8-23-19)12-26-20(25)24-17-10-15(21)9-16(22)11-17/h2-11H,12H2,1H3,(H,24,25). The SMILES string of the molecule is Cc1ccc(Sc2ncccc2COC(=O)Nc2cc(Cl)cc(Cl)c2)cc1. The Labute approximate surface area is 171 Å². The monoisotopic (exact) mass is 418 g/mol. The number of halogens is 2. The van der Waals surface area contributed by atoms with Gasteiger partial charge in [0, 0.05) is 32.4 Å². The number of carbonyl (C=O) groups is 1. The average molecular weight is 419 g/mol. The Balaban J connectivity index is 1.63. The molecular weight excluding hydrogens is 403 g/mol. The third kappa shape index (κ3) is 5.89. The Morgan fingerprint density at radius 2 is 1.81 bits per heavy atom. The van der Waals surface area contributed by atoms with Gasteiger partial charge in [-0.2, -0.15) is 0 Å². The summed E-state index contributed by atoms with van der Waals surface area (Å²) in [6.07, 6.45) is 1.12. The number of benzene rings is 2. The molecule has 138 valence electrons. The lowest BCUT2D eigenvalue weighted by molar-refractivity contribution is 0.154. The fourth-order valence-corrected chi connectivity index (χ4v) is 3.66. The molecule has 0 saturated carbocycles. The first-order valence-corrected chi connectivity index (χ1v) is 9.65. The van der Waals surface area contributed by atoms with Gasteiger partial charge < -0.3 is 4.74 Å². The van der Waals surface area contributed by atoms with Gasteiger partial charge in [-0.1, -0.05) is 58.7 Å². The van der Waals surface area contributed by atoms with Crippen LogP contribution < -0.4 is 5.32 Å². The summed E-state index contributed by atoms with van der Waals surface area (Å²) < 4.78 is 5.32. The second kappa shape index (κ2) is 9.13. The van der Waals surface area contributed by atoms with Crippen molar-refractivity contribution < 1.29 is 9.53 Å². The van der Waals surface area contributed by atoms with Crippen LogP contribution >= 0.6 is 35.0 Å². The number of hydrogen-bond donors (Lipinski definition) is 1. The zero-order valence-corrected chi connectivity index (χ0v) is 16.7. The summed E-state index contributed by atoms with van der Waals surface area (Å²) in [6.45, 7) is 2.14. The van der Waals surface area contributed by atoms with Crippen molar-refractivity contribution in [3.8, 4) is 0 Å². The summed E-state index contributed by atoms with van der Waals surface area (Å²) in [5.41, 5.74) is 2.49. The lowest BCUT2D eigenvalue weighted by Crippen LogP contribution is -2.14. The number of aromatic nitrogens is 1. The number of nitrogens with one attached hydrogen (secondary N) is 1. The summed E-state index contributed by atoms with van der Waals surface area (Å²) in [6, 6.07) is 16.6. The largest absolute Gasteiger partial charge is 0.444 e. The summed E-state index contributed by atoms with van der Waals surface area (Å²) in [5.74, 6) is 0. The van der Waals surface area contributed by atoms with E-state index in [9.17, 15) is 4.79 Å². The number of pyridine rings is 1. The Hall–Kier alpha value is -2.21. The van der Waals surface area contributed by atoms with E-state index in [1.807, 2.05) is 43.3 Å². The molecule has 0 saturated heterocycles. The van der Waals surface area contributed by atoms with Gasteiger partial charge in [-0.15, -0.1) is 0 Å². The van der Waals surface area contributed by atoms with E-state index in [4.69, 9.17) is 27.9 Å². The van der Waals surface area contributed by atoms with Gasteiger partial charge in [0.2, 0.25) is 0 Å². The van der Waals surface area contributed by atoms with E-state index in [2.05, 4.69) is 10.3 Å². The van der Waals surface area contributed by atoms with Gasteiger partial charge in [-0.25, -0.2) is 9.78 Å². The highest BCUT2D eigenvalue weighted by molar-refractivity contribution is 7.99. The first-order valence-electron chi connectivity index (χ1n) is 8.08. The van der Waals surface area contributed by atoms with Gasteiger partial charge in [0.25, 0.3) is 0 Å². The minimum atomic E-state index is -0.594. The number of hydrogen-bond acceptors (Lipinski definition) is 4. The molecule has 1 aromatic heterocycles. The van der Waals surface area contributed by atoms with Crippen molar-refractivity contribution in [3.05, 3.63) is 82.0 Å². The maximum atomic E-state index is 12.1. The molecule has 1 N–H and O–H groups in total. The second-order valence-electron chi connectivity index (χ2n) is 5.74. The number of rotatable bonds is 5. The number of aryl methyl sites for hydroxylation is 1.